The molecule has 0 nitrogen and oxygen atoms in total. The summed E-state index contributed by atoms with van der Waals surface area (Å²) in [6.45, 7) is 11.8. The summed E-state index contributed by atoms with van der Waals surface area (Å²) in [5, 5.41) is 0.439. The predicted octanol–water partition coefficient (Wildman–Crippen LogP) is 5.88. The highest BCUT2D eigenvalue weighted by molar-refractivity contribution is 6.20. The van der Waals surface area contributed by atoms with Crippen LogP contribution >= 0.6 is 11.6 Å². The van der Waals surface area contributed by atoms with Gasteiger partial charge in [-0.25, -0.2) is 0 Å². The van der Waals surface area contributed by atoms with E-state index >= 15 is 0 Å². The van der Waals surface area contributed by atoms with Crippen LogP contribution in [0, 0.1) is 23.2 Å². The van der Waals surface area contributed by atoms with Gasteiger partial charge in [0.2, 0.25) is 0 Å². The predicted molar refractivity (Wildman–Crippen MR) is 78.6 cm³/mol. The summed E-state index contributed by atoms with van der Waals surface area (Å²) < 4.78 is 0. The van der Waals surface area contributed by atoms with Gasteiger partial charge < -0.3 is 0 Å². The molecule has 1 aliphatic rings. The van der Waals surface area contributed by atoms with E-state index in [0.29, 0.717) is 10.8 Å². The Hall–Kier alpha value is 0.290. The second-order valence-corrected chi connectivity index (χ2v) is 7.63. The van der Waals surface area contributed by atoms with Crippen LogP contribution in [0.25, 0.3) is 0 Å². The van der Waals surface area contributed by atoms with Crippen LogP contribution in [0.2, 0.25) is 0 Å². The van der Waals surface area contributed by atoms with Crippen molar-refractivity contribution in [3.05, 3.63) is 0 Å². The molecule has 0 amide bonds. The van der Waals surface area contributed by atoms with Crippen molar-refractivity contribution in [2.75, 3.05) is 0 Å². The van der Waals surface area contributed by atoms with Gasteiger partial charge in [0.1, 0.15) is 0 Å². The molecule has 0 spiro atoms. The monoisotopic (exact) mass is 258 g/mol. The molecule has 0 aliphatic heterocycles. The summed E-state index contributed by atoms with van der Waals surface area (Å²) in [5.74, 6) is 2.52. The van der Waals surface area contributed by atoms with Crippen molar-refractivity contribution in [1.29, 1.82) is 0 Å². The van der Waals surface area contributed by atoms with Crippen LogP contribution in [-0.4, -0.2) is 5.38 Å². The number of rotatable bonds is 4. The van der Waals surface area contributed by atoms with E-state index in [-0.39, 0.29) is 0 Å². The Labute approximate surface area is 114 Å². The Morgan fingerprint density at radius 1 is 1.12 bits per heavy atom. The van der Waals surface area contributed by atoms with Crippen molar-refractivity contribution < 1.29 is 0 Å². The fourth-order valence-electron chi connectivity index (χ4n) is 3.31. The van der Waals surface area contributed by atoms with E-state index in [2.05, 4.69) is 34.6 Å². The van der Waals surface area contributed by atoms with Gasteiger partial charge in [-0.2, -0.15) is 0 Å². The summed E-state index contributed by atoms with van der Waals surface area (Å²) in [6, 6.07) is 0. The first kappa shape index (κ1) is 15.3. The van der Waals surface area contributed by atoms with E-state index in [4.69, 9.17) is 11.6 Å². The van der Waals surface area contributed by atoms with Crippen LogP contribution in [0.1, 0.15) is 73.1 Å². The lowest BCUT2D eigenvalue weighted by molar-refractivity contribution is 0.130. The average Bonchev–Trinajstić information content (AvgIpc) is 2.26. The molecule has 1 rings (SSSR count). The molecule has 0 aromatic carbocycles. The number of alkyl halides is 1. The first-order chi connectivity index (χ1) is 7.88. The zero-order valence-corrected chi connectivity index (χ0v) is 13.2. The fourth-order valence-corrected chi connectivity index (χ4v) is 3.64. The molecule has 3 unspecified atom stereocenters. The van der Waals surface area contributed by atoms with Crippen molar-refractivity contribution in [3.8, 4) is 0 Å². The van der Waals surface area contributed by atoms with Crippen molar-refractivity contribution in [3.63, 3.8) is 0 Å². The molecule has 0 N–H and O–H groups in total. The van der Waals surface area contributed by atoms with Gasteiger partial charge in [-0.15, -0.1) is 11.6 Å². The molecule has 1 heteroatoms. The Morgan fingerprint density at radius 3 is 2.18 bits per heavy atom. The second-order valence-electron chi connectivity index (χ2n) is 7.07. The van der Waals surface area contributed by atoms with Gasteiger partial charge in [0.25, 0.3) is 0 Å². The lowest BCUT2D eigenvalue weighted by Crippen LogP contribution is -2.33. The minimum Gasteiger partial charge on any atom is -0.123 e. The number of hydrogen-bond donors (Lipinski definition) is 0. The highest BCUT2D eigenvalue weighted by atomic mass is 35.5. The standard InChI is InChI=1S/C16H31Cl/c1-6-12(7-2)10-13-11-14(16(3,4)5)8-9-15(13)17/h12-15H,6-11H2,1-5H3. The van der Waals surface area contributed by atoms with Gasteiger partial charge in [0.05, 0.1) is 0 Å². The van der Waals surface area contributed by atoms with Gasteiger partial charge in [-0.05, 0) is 48.9 Å². The van der Waals surface area contributed by atoms with Gasteiger partial charge in [-0.1, -0.05) is 47.5 Å². The van der Waals surface area contributed by atoms with Crippen molar-refractivity contribution >= 4 is 11.6 Å². The number of hydrogen-bond acceptors (Lipinski definition) is 0. The molecular weight excluding hydrogens is 228 g/mol. The topological polar surface area (TPSA) is 0 Å². The van der Waals surface area contributed by atoms with E-state index in [1.165, 1.54) is 38.5 Å². The first-order valence-corrected chi connectivity index (χ1v) is 7.96. The molecule has 0 bridgehead atoms. The van der Waals surface area contributed by atoms with Gasteiger partial charge in [0, 0.05) is 5.38 Å². The molecule has 0 saturated heterocycles. The van der Waals surface area contributed by atoms with Crippen molar-refractivity contribution in [2.24, 2.45) is 23.2 Å². The summed E-state index contributed by atoms with van der Waals surface area (Å²) in [5.41, 5.74) is 0.462. The molecular formula is C16H31Cl. The molecule has 3 atom stereocenters. The van der Waals surface area contributed by atoms with Crippen molar-refractivity contribution in [1.82, 2.24) is 0 Å². The van der Waals surface area contributed by atoms with Crippen LogP contribution in [0.4, 0.5) is 0 Å². The molecule has 0 aromatic heterocycles. The molecule has 1 aliphatic carbocycles. The Bertz CT molecular complexity index is 212. The van der Waals surface area contributed by atoms with E-state index in [1.807, 2.05) is 0 Å². The van der Waals surface area contributed by atoms with Crippen LogP contribution in [0.5, 0.6) is 0 Å². The minimum absolute atomic E-state index is 0.439. The van der Waals surface area contributed by atoms with Crippen LogP contribution in [-0.2, 0) is 0 Å². The van der Waals surface area contributed by atoms with E-state index in [0.717, 1.165) is 17.8 Å². The molecule has 0 aromatic rings. The van der Waals surface area contributed by atoms with Crippen LogP contribution in [0.15, 0.2) is 0 Å². The highest BCUT2D eigenvalue weighted by Gasteiger charge is 2.35. The minimum atomic E-state index is 0.439. The molecule has 17 heavy (non-hydrogen) atoms. The summed E-state index contributed by atoms with van der Waals surface area (Å²) in [4.78, 5) is 0. The van der Waals surface area contributed by atoms with Gasteiger partial charge in [0.15, 0.2) is 0 Å². The normalized spacial score (nSPS) is 30.9. The van der Waals surface area contributed by atoms with Crippen LogP contribution in [0.3, 0.4) is 0 Å². The van der Waals surface area contributed by atoms with Crippen LogP contribution < -0.4 is 0 Å². The lowest BCUT2D eigenvalue weighted by Gasteiger charge is -2.41. The van der Waals surface area contributed by atoms with Crippen molar-refractivity contribution in [2.45, 2.75) is 78.5 Å². The van der Waals surface area contributed by atoms with E-state index < -0.39 is 0 Å². The Morgan fingerprint density at radius 2 is 1.71 bits per heavy atom. The lowest BCUT2D eigenvalue weighted by atomic mass is 9.67. The Kier molecular flexibility index (Phi) is 5.83. The maximum Gasteiger partial charge on any atom is 0.0364 e. The second kappa shape index (κ2) is 6.45. The third-order valence-corrected chi connectivity index (χ3v) is 5.48. The molecule has 0 heterocycles. The van der Waals surface area contributed by atoms with Gasteiger partial charge in [-0.3, -0.25) is 0 Å². The van der Waals surface area contributed by atoms with Gasteiger partial charge >= 0.3 is 0 Å². The fraction of sp³-hybridized carbons (Fsp3) is 1.00. The molecule has 102 valence electrons. The maximum absolute atomic E-state index is 6.56. The smallest absolute Gasteiger partial charge is 0.0364 e. The molecule has 0 radical (unpaired) electrons. The third kappa shape index (κ3) is 4.47. The van der Waals surface area contributed by atoms with E-state index in [1.54, 1.807) is 0 Å². The Balaban J connectivity index is 2.57. The van der Waals surface area contributed by atoms with E-state index in [9.17, 15) is 0 Å². The quantitative estimate of drug-likeness (QED) is 0.552. The molecule has 1 fully saturated rings. The largest absolute Gasteiger partial charge is 0.123 e. The number of halogens is 1. The SMILES string of the molecule is CCC(CC)CC1CC(C(C)(C)C)CCC1Cl. The zero-order valence-electron chi connectivity index (χ0n) is 12.4. The molecule has 1 saturated carbocycles. The third-order valence-electron chi connectivity index (χ3n) is 4.91. The summed E-state index contributed by atoms with van der Waals surface area (Å²) in [7, 11) is 0. The highest BCUT2D eigenvalue weighted by Crippen LogP contribution is 2.44. The first-order valence-electron chi connectivity index (χ1n) is 7.52. The average molecular weight is 259 g/mol. The maximum atomic E-state index is 6.56. The summed E-state index contributed by atoms with van der Waals surface area (Å²) >= 11 is 6.56. The summed E-state index contributed by atoms with van der Waals surface area (Å²) in [6.07, 6.45) is 7.90. The zero-order chi connectivity index (χ0) is 13.1.